The molecular weight excluding hydrogens is 228 g/mol. The topological polar surface area (TPSA) is 55.6 Å². The van der Waals surface area contributed by atoms with Gasteiger partial charge in [0.2, 0.25) is 5.91 Å². The SMILES string of the molecule is COc1ccc2c(c1)C(C)(C)C(C)N2CC(N)=O. The van der Waals surface area contributed by atoms with Gasteiger partial charge in [0, 0.05) is 17.1 Å². The van der Waals surface area contributed by atoms with E-state index in [9.17, 15) is 4.79 Å². The summed E-state index contributed by atoms with van der Waals surface area (Å²) < 4.78 is 5.27. The number of ether oxygens (including phenoxy) is 1. The molecule has 98 valence electrons. The van der Waals surface area contributed by atoms with Crippen LogP contribution in [0.15, 0.2) is 18.2 Å². The van der Waals surface area contributed by atoms with Gasteiger partial charge in [0.1, 0.15) is 5.75 Å². The van der Waals surface area contributed by atoms with E-state index in [-0.39, 0.29) is 23.9 Å². The third kappa shape index (κ3) is 1.82. The van der Waals surface area contributed by atoms with Crippen LogP contribution in [0, 0.1) is 0 Å². The van der Waals surface area contributed by atoms with Gasteiger partial charge < -0.3 is 15.4 Å². The van der Waals surface area contributed by atoms with Crippen molar-refractivity contribution in [2.24, 2.45) is 5.73 Å². The number of nitrogens with zero attached hydrogens (tertiary/aromatic N) is 1. The van der Waals surface area contributed by atoms with Crippen LogP contribution in [0.2, 0.25) is 0 Å². The Labute approximate surface area is 108 Å². The molecule has 1 atom stereocenters. The molecule has 1 unspecified atom stereocenters. The van der Waals surface area contributed by atoms with Crippen molar-refractivity contribution in [2.45, 2.75) is 32.2 Å². The molecule has 1 heterocycles. The van der Waals surface area contributed by atoms with Crippen LogP contribution in [-0.2, 0) is 10.2 Å². The van der Waals surface area contributed by atoms with Gasteiger partial charge >= 0.3 is 0 Å². The fourth-order valence-corrected chi connectivity index (χ4v) is 2.62. The van der Waals surface area contributed by atoms with Crippen LogP contribution >= 0.6 is 0 Å². The van der Waals surface area contributed by atoms with E-state index in [1.54, 1.807) is 7.11 Å². The molecule has 2 rings (SSSR count). The molecule has 4 heteroatoms. The highest BCUT2D eigenvalue weighted by atomic mass is 16.5. The Kier molecular flexibility index (Phi) is 2.97. The minimum absolute atomic E-state index is 0.0284. The third-order valence-electron chi connectivity index (χ3n) is 4.05. The lowest BCUT2D eigenvalue weighted by molar-refractivity contribution is -0.116. The van der Waals surface area contributed by atoms with Crippen LogP contribution < -0.4 is 15.4 Å². The van der Waals surface area contributed by atoms with Crippen molar-refractivity contribution < 1.29 is 9.53 Å². The molecule has 0 aliphatic carbocycles. The monoisotopic (exact) mass is 248 g/mol. The van der Waals surface area contributed by atoms with Gasteiger partial charge in [-0.3, -0.25) is 4.79 Å². The van der Waals surface area contributed by atoms with Gasteiger partial charge in [0.25, 0.3) is 0 Å². The van der Waals surface area contributed by atoms with Crippen molar-refractivity contribution >= 4 is 11.6 Å². The number of primary amides is 1. The lowest BCUT2D eigenvalue weighted by Gasteiger charge is -2.30. The third-order valence-corrected chi connectivity index (χ3v) is 4.05. The van der Waals surface area contributed by atoms with Gasteiger partial charge in [-0.1, -0.05) is 13.8 Å². The zero-order valence-electron chi connectivity index (χ0n) is 11.4. The van der Waals surface area contributed by atoms with E-state index in [1.165, 1.54) is 5.56 Å². The summed E-state index contributed by atoms with van der Waals surface area (Å²) in [5, 5.41) is 0. The zero-order chi connectivity index (χ0) is 13.5. The van der Waals surface area contributed by atoms with E-state index in [0.29, 0.717) is 0 Å². The lowest BCUT2D eigenvalue weighted by Crippen LogP contribution is -2.43. The molecular formula is C14H20N2O2. The van der Waals surface area contributed by atoms with Crippen LogP contribution in [0.4, 0.5) is 5.69 Å². The highest BCUT2D eigenvalue weighted by Crippen LogP contribution is 2.46. The van der Waals surface area contributed by atoms with E-state index < -0.39 is 0 Å². The Hall–Kier alpha value is -1.71. The molecule has 0 spiro atoms. The smallest absolute Gasteiger partial charge is 0.236 e. The Morgan fingerprint density at radius 1 is 1.50 bits per heavy atom. The maximum atomic E-state index is 11.2. The number of carbonyl (C=O) groups is 1. The van der Waals surface area contributed by atoms with E-state index in [2.05, 4.69) is 25.7 Å². The molecule has 0 bridgehead atoms. The second kappa shape index (κ2) is 4.19. The normalized spacial score (nSPS) is 20.7. The second-order valence-electron chi connectivity index (χ2n) is 5.37. The van der Waals surface area contributed by atoms with Crippen molar-refractivity contribution in [1.29, 1.82) is 0 Å². The number of hydrogen-bond donors (Lipinski definition) is 1. The van der Waals surface area contributed by atoms with Crippen molar-refractivity contribution in [3.05, 3.63) is 23.8 Å². The number of fused-ring (bicyclic) bond motifs is 1. The van der Waals surface area contributed by atoms with Crippen molar-refractivity contribution in [3.8, 4) is 5.75 Å². The summed E-state index contributed by atoms with van der Waals surface area (Å²) in [6.45, 7) is 6.73. The Morgan fingerprint density at radius 2 is 2.17 bits per heavy atom. The van der Waals surface area contributed by atoms with Gasteiger partial charge in [-0.25, -0.2) is 0 Å². The summed E-state index contributed by atoms with van der Waals surface area (Å²) >= 11 is 0. The molecule has 0 fully saturated rings. The average molecular weight is 248 g/mol. The van der Waals surface area contributed by atoms with Gasteiger partial charge in [-0.2, -0.15) is 0 Å². The molecule has 1 aliphatic rings. The van der Waals surface area contributed by atoms with E-state index in [4.69, 9.17) is 10.5 Å². The summed E-state index contributed by atoms with van der Waals surface area (Å²) in [4.78, 5) is 13.3. The number of amides is 1. The van der Waals surface area contributed by atoms with Crippen LogP contribution in [-0.4, -0.2) is 25.6 Å². The number of carbonyl (C=O) groups excluding carboxylic acids is 1. The van der Waals surface area contributed by atoms with Crippen LogP contribution in [0.25, 0.3) is 0 Å². The first-order valence-corrected chi connectivity index (χ1v) is 6.11. The molecule has 0 aromatic heterocycles. The van der Waals surface area contributed by atoms with Gasteiger partial charge in [-0.15, -0.1) is 0 Å². The molecule has 1 amide bonds. The maximum Gasteiger partial charge on any atom is 0.236 e. The summed E-state index contributed by atoms with van der Waals surface area (Å²) in [6.07, 6.45) is 0. The molecule has 0 saturated carbocycles. The summed E-state index contributed by atoms with van der Waals surface area (Å²) in [5.74, 6) is 0.538. The predicted molar refractivity (Wildman–Crippen MR) is 72.0 cm³/mol. The first-order chi connectivity index (χ1) is 8.37. The number of nitrogens with two attached hydrogens (primary N) is 1. The molecule has 0 saturated heterocycles. The average Bonchev–Trinajstić information content (AvgIpc) is 2.50. The predicted octanol–water partition coefficient (Wildman–Crippen LogP) is 1.67. The Bertz CT molecular complexity index is 483. The molecule has 1 aromatic carbocycles. The van der Waals surface area contributed by atoms with E-state index in [1.807, 2.05) is 18.2 Å². The zero-order valence-corrected chi connectivity index (χ0v) is 11.4. The van der Waals surface area contributed by atoms with Crippen molar-refractivity contribution in [2.75, 3.05) is 18.6 Å². The standard InChI is InChI=1S/C14H20N2O2/c1-9-14(2,3)11-7-10(18-4)5-6-12(11)16(9)8-13(15)17/h5-7,9H,8H2,1-4H3,(H2,15,17). The van der Waals surface area contributed by atoms with Crippen LogP contribution in [0.3, 0.4) is 0 Å². The van der Waals surface area contributed by atoms with Crippen LogP contribution in [0.5, 0.6) is 5.75 Å². The molecule has 18 heavy (non-hydrogen) atoms. The number of anilines is 1. The first kappa shape index (κ1) is 12.7. The Morgan fingerprint density at radius 3 is 2.72 bits per heavy atom. The molecule has 1 aliphatic heterocycles. The van der Waals surface area contributed by atoms with E-state index >= 15 is 0 Å². The van der Waals surface area contributed by atoms with Crippen molar-refractivity contribution in [3.63, 3.8) is 0 Å². The van der Waals surface area contributed by atoms with Crippen LogP contribution in [0.1, 0.15) is 26.3 Å². The number of hydrogen-bond acceptors (Lipinski definition) is 3. The molecule has 1 aromatic rings. The second-order valence-corrected chi connectivity index (χ2v) is 5.37. The molecule has 4 nitrogen and oxygen atoms in total. The summed E-state index contributed by atoms with van der Waals surface area (Å²) in [6, 6.07) is 6.20. The van der Waals surface area contributed by atoms with Crippen molar-refractivity contribution in [1.82, 2.24) is 0 Å². The minimum Gasteiger partial charge on any atom is -0.497 e. The lowest BCUT2D eigenvalue weighted by atomic mass is 9.81. The number of benzene rings is 1. The largest absolute Gasteiger partial charge is 0.497 e. The summed E-state index contributed by atoms with van der Waals surface area (Å²) in [7, 11) is 1.66. The number of rotatable bonds is 3. The fraction of sp³-hybridized carbons (Fsp3) is 0.500. The molecule has 0 radical (unpaired) electrons. The van der Waals surface area contributed by atoms with Gasteiger partial charge in [0.05, 0.1) is 13.7 Å². The van der Waals surface area contributed by atoms with Gasteiger partial charge in [0.15, 0.2) is 0 Å². The maximum absolute atomic E-state index is 11.2. The first-order valence-electron chi connectivity index (χ1n) is 6.11. The highest BCUT2D eigenvalue weighted by Gasteiger charge is 2.42. The molecule has 2 N–H and O–H groups in total. The number of methoxy groups -OCH3 is 1. The Balaban J connectivity index is 2.49. The summed E-state index contributed by atoms with van der Waals surface area (Å²) in [5.41, 5.74) is 7.58. The fourth-order valence-electron chi connectivity index (χ4n) is 2.62. The minimum atomic E-state index is -0.304. The highest BCUT2D eigenvalue weighted by molar-refractivity contribution is 5.81. The quantitative estimate of drug-likeness (QED) is 0.885. The van der Waals surface area contributed by atoms with E-state index in [0.717, 1.165) is 11.4 Å². The van der Waals surface area contributed by atoms with Gasteiger partial charge in [-0.05, 0) is 30.7 Å².